The highest BCUT2D eigenvalue weighted by atomic mass is 16.6. The first-order valence-corrected chi connectivity index (χ1v) is 7.89. The van der Waals surface area contributed by atoms with Gasteiger partial charge in [-0.3, -0.25) is 0 Å². The summed E-state index contributed by atoms with van der Waals surface area (Å²) in [6.45, 7) is 1.53. The average Bonchev–Trinajstić information content (AvgIpc) is 3.06. The third-order valence-electron chi connectivity index (χ3n) is 6.05. The predicted octanol–water partition coefficient (Wildman–Crippen LogP) is 2.49. The van der Waals surface area contributed by atoms with E-state index in [9.17, 15) is 9.90 Å². The SMILES string of the molecule is COC(=O)COC(C)(O)CC12CCC(C1)C1CCCC12. The van der Waals surface area contributed by atoms with Crippen molar-refractivity contribution in [1.29, 1.82) is 0 Å². The van der Waals surface area contributed by atoms with Gasteiger partial charge in [-0.25, -0.2) is 4.79 Å². The molecule has 0 aliphatic heterocycles. The summed E-state index contributed by atoms with van der Waals surface area (Å²) in [6, 6.07) is 0. The van der Waals surface area contributed by atoms with E-state index in [1.54, 1.807) is 6.92 Å². The minimum Gasteiger partial charge on any atom is -0.467 e. The molecule has 3 rings (SSSR count). The Morgan fingerprint density at radius 1 is 1.40 bits per heavy atom. The van der Waals surface area contributed by atoms with Crippen molar-refractivity contribution in [2.24, 2.45) is 23.2 Å². The summed E-state index contributed by atoms with van der Waals surface area (Å²) in [6.07, 6.45) is 8.48. The van der Waals surface area contributed by atoms with Crippen LogP contribution < -0.4 is 0 Å². The quantitative estimate of drug-likeness (QED) is 0.622. The van der Waals surface area contributed by atoms with Crippen molar-refractivity contribution >= 4 is 5.97 Å². The Morgan fingerprint density at radius 3 is 2.95 bits per heavy atom. The zero-order valence-corrected chi connectivity index (χ0v) is 12.6. The molecule has 0 heterocycles. The van der Waals surface area contributed by atoms with E-state index in [0.717, 1.165) is 17.8 Å². The minimum atomic E-state index is -1.22. The maximum Gasteiger partial charge on any atom is 0.331 e. The van der Waals surface area contributed by atoms with Crippen LogP contribution in [0.15, 0.2) is 0 Å². The second-order valence-corrected chi connectivity index (χ2v) is 7.28. The summed E-state index contributed by atoms with van der Waals surface area (Å²) in [7, 11) is 1.33. The van der Waals surface area contributed by atoms with Crippen LogP contribution in [0.1, 0.15) is 51.9 Å². The number of methoxy groups -OCH3 is 1. The molecule has 3 fully saturated rings. The Bertz CT molecular complexity index is 392. The van der Waals surface area contributed by atoms with E-state index in [1.165, 1.54) is 45.6 Å². The molecule has 0 saturated heterocycles. The van der Waals surface area contributed by atoms with Crippen molar-refractivity contribution in [3.05, 3.63) is 0 Å². The molecule has 5 unspecified atom stereocenters. The van der Waals surface area contributed by atoms with Gasteiger partial charge in [-0.2, -0.15) is 0 Å². The second kappa shape index (κ2) is 4.99. The standard InChI is InChI=1S/C16H26O4/c1-15(18,20-9-14(17)19-2)10-16-7-6-11(8-16)12-4-3-5-13(12)16/h11-13,18H,3-10H2,1-2H3. The van der Waals surface area contributed by atoms with Gasteiger partial charge in [-0.1, -0.05) is 6.42 Å². The molecular formula is C16H26O4. The van der Waals surface area contributed by atoms with E-state index in [2.05, 4.69) is 4.74 Å². The van der Waals surface area contributed by atoms with E-state index < -0.39 is 11.8 Å². The molecule has 0 amide bonds. The van der Waals surface area contributed by atoms with Gasteiger partial charge < -0.3 is 14.6 Å². The van der Waals surface area contributed by atoms with Crippen LogP contribution in [0.2, 0.25) is 0 Å². The number of ether oxygens (including phenoxy) is 2. The molecule has 20 heavy (non-hydrogen) atoms. The molecule has 3 aliphatic carbocycles. The summed E-state index contributed by atoms with van der Waals surface area (Å²) in [5.74, 6) is 0.881. The lowest BCUT2D eigenvalue weighted by Crippen LogP contribution is -2.40. The molecule has 4 nitrogen and oxygen atoms in total. The average molecular weight is 282 g/mol. The third-order valence-corrected chi connectivity index (χ3v) is 6.05. The Morgan fingerprint density at radius 2 is 2.20 bits per heavy atom. The fourth-order valence-corrected chi connectivity index (χ4v) is 5.48. The Labute approximate surface area is 120 Å². The molecule has 3 aliphatic rings. The van der Waals surface area contributed by atoms with Gasteiger partial charge in [0.05, 0.1) is 7.11 Å². The molecule has 1 N–H and O–H groups in total. The van der Waals surface area contributed by atoms with Gasteiger partial charge in [0, 0.05) is 6.42 Å². The fraction of sp³-hybridized carbons (Fsp3) is 0.938. The summed E-state index contributed by atoms with van der Waals surface area (Å²) in [5, 5.41) is 10.5. The van der Waals surface area contributed by atoms with Gasteiger partial charge >= 0.3 is 5.97 Å². The van der Waals surface area contributed by atoms with Crippen molar-refractivity contribution in [2.45, 2.75) is 57.7 Å². The predicted molar refractivity (Wildman–Crippen MR) is 73.8 cm³/mol. The van der Waals surface area contributed by atoms with Gasteiger partial charge in [-0.05, 0) is 62.2 Å². The van der Waals surface area contributed by atoms with Crippen LogP contribution in [-0.2, 0) is 14.3 Å². The van der Waals surface area contributed by atoms with Gasteiger partial charge in [-0.15, -0.1) is 0 Å². The van der Waals surface area contributed by atoms with Crippen LogP contribution in [0.25, 0.3) is 0 Å². The monoisotopic (exact) mass is 282 g/mol. The largest absolute Gasteiger partial charge is 0.467 e. The highest BCUT2D eigenvalue weighted by molar-refractivity contribution is 5.70. The third kappa shape index (κ3) is 2.37. The summed E-state index contributed by atoms with van der Waals surface area (Å²) < 4.78 is 9.99. The zero-order valence-electron chi connectivity index (χ0n) is 12.6. The van der Waals surface area contributed by atoms with E-state index in [-0.39, 0.29) is 12.0 Å². The topological polar surface area (TPSA) is 55.8 Å². The molecule has 4 heteroatoms. The van der Waals surface area contributed by atoms with E-state index in [1.807, 2.05) is 0 Å². The smallest absolute Gasteiger partial charge is 0.331 e. The van der Waals surface area contributed by atoms with Crippen LogP contribution >= 0.6 is 0 Å². The Balaban J connectivity index is 1.65. The lowest BCUT2D eigenvalue weighted by Gasteiger charge is -2.40. The number of aliphatic hydroxyl groups is 1. The number of carbonyl (C=O) groups is 1. The molecule has 0 aromatic carbocycles. The first-order valence-electron chi connectivity index (χ1n) is 7.89. The highest BCUT2D eigenvalue weighted by Gasteiger charge is 2.60. The van der Waals surface area contributed by atoms with Gasteiger partial charge in [0.2, 0.25) is 0 Å². The molecule has 3 saturated carbocycles. The summed E-state index contributed by atoms with van der Waals surface area (Å²) in [4.78, 5) is 11.2. The van der Waals surface area contributed by atoms with Gasteiger partial charge in [0.25, 0.3) is 0 Å². The van der Waals surface area contributed by atoms with Gasteiger partial charge in [0.15, 0.2) is 5.79 Å². The minimum absolute atomic E-state index is 0.170. The zero-order chi connectivity index (χ0) is 14.4. The van der Waals surface area contributed by atoms with Crippen LogP contribution in [0.4, 0.5) is 0 Å². The van der Waals surface area contributed by atoms with Crippen LogP contribution in [0, 0.1) is 23.2 Å². The second-order valence-electron chi connectivity index (χ2n) is 7.28. The van der Waals surface area contributed by atoms with E-state index >= 15 is 0 Å². The number of esters is 1. The Kier molecular flexibility index (Phi) is 3.57. The molecular weight excluding hydrogens is 256 g/mol. The Hall–Kier alpha value is -0.610. The van der Waals surface area contributed by atoms with Crippen molar-refractivity contribution in [2.75, 3.05) is 13.7 Å². The van der Waals surface area contributed by atoms with Crippen LogP contribution in [0.3, 0.4) is 0 Å². The van der Waals surface area contributed by atoms with E-state index in [0.29, 0.717) is 6.42 Å². The van der Waals surface area contributed by atoms with Gasteiger partial charge in [0.1, 0.15) is 6.61 Å². The molecule has 5 atom stereocenters. The fourth-order valence-electron chi connectivity index (χ4n) is 5.48. The first kappa shape index (κ1) is 14.3. The van der Waals surface area contributed by atoms with Crippen molar-refractivity contribution in [3.63, 3.8) is 0 Å². The summed E-state index contributed by atoms with van der Waals surface area (Å²) >= 11 is 0. The van der Waals surface area contributed by atoms with Crippen molar-refractivity contribution < 1.29 is 19.4 Å². The normalized spacial score (nSPS) is 41.5. The number of carbonyl (C=O) groups excluding carboxylic acids is 1. The lowest BCUT2D eigenvalue weighted by molar-refractivity contribution is -0.219. The van der Waals surface area contributed by atoms with Crippen molar-refractivity contribution in [3.8, 4) is 0 Å². The summed E-state index contributed by atoms with van der Waals surface area (Å²) in [5.41, 5.74) is 0.255. The lowest BCUT2D eigenvalue weighted by atomic mass is 9.68. The first-order chi connectivity index (χ1) is 9.46. The number of rotatable bonds is 5. The number of hydrogen-bond donors (Lipinski definition) is 1. The highest BCUT2D eigenvalue weighted by Crippen LogP contribution is 2.67. The van der Waals surface area contributed by atoms with E-state index in [4.69, 9.17) is 4.74 Å². The maximum atomic E-state index is 11.2. The van der Waals surface area contributed by atoms with Crippen molar-refractivity contribution in [1.82, 2.24) is 0 Å². The van der Waals surface area contributed by atoms with Crippen LogP contribution in [0.5, 0.6) is 0 Å². The molecule has 114 valence electrons. The van der Waals surface area contributed by atoms with Crippen LogP contribution in [-0.4, -0.2) is 30.6 Å². The molecule has 0 aromatic heterocycles. The maximum absolute atomic E-state index is 11.2. The molecule has 0 radical (unpaired) electrons. The molecule has 0 spiro atoms. The molecule has 0 aromatic rings. The molecule has 2 bridgehead atoms. The number of hydrogen-bond acceptors (Lipinski definition) is 4. The number of fused-ring (bicyclic) bond motifs is 5.